The van der Waals surface area contributed by atoms with Crippen molar-refractivity contribution >= 4 is 5.69 Å². The Labute approximate surface area is 112 Å². The standard InChI is InChI=1S/C12H11F3N4O/c1-7-10(16-2)3-8(4-17-7)11-18-5-9(6-19-11)20-12(13,14)15/h3-6,16H,1-2H3. The molecule has 0 unspecified atom stereocenters. The number of ether oxygens (including phenoxy) is 1. The van der Waals surface area contributed by atoms with E-state index in [2.05, 4.69) is 25.0 Å². The van der Waals surface area contributed by atoms with Gasteiger partial charge in [0.2, 0.25) is 0 Å². The molecule has 0 aromatic carbocycles. The molecule has 5 nitrogen and oxygen atoms in total. The number of nitrogens with one attached hydrogen (secondary N) is 1. The predicted molar refractivity (Wildman–Crippen MR) is 66.2 cm³/mol. The molecule has 0 saturated heterocycles. The van der Waals surface area contributed by atoms with Crippen LogP contribution in [0.3, 0.4) is 0 Å². The van der Waals surface area contributed by atoms with E-state index in [1.54, 1.807) is 19.3 Å². The number of rotatable bonds is 3. The second kappa shape index (κ2) is 5.32. The molecule has 0 aliphatic rings. The fourth-order valence-electron chi connectivity index (χ4n) is 1.56. The summed E-state index contributed by atoms with van der Waals surface area (Å²) >= 11 is 0. The van der Waals surface area contributed by atoms with Crippen molar-refractivity contribution in [2.45, 2.75) is 13.3 Å². The van der Waals surface area contributed by atoms with Crippen LogP contribution >= 0.6 is 0 Å². The third-order valence-electron chi connectivity index (χ3n) is 2.48. The van der Waals surface area contributed by atoms with Crippen LogP contribution < -0.4 is 10.1 Å². The van der Waals surface area contributed by atoms with E-state index in [0.29, 0.717) is 5.56 Å². The molecule has 2 heterocycles. The highest BCUT2D eigenvalue weighted by molar-refractivity contribution is 5.62. The fourth-order valence-corrected chi connectivity index (χ4v) is 1.56. The van der Waals surface area contributed by atoms with E-state index >= 15 is 0 Å². The van der Waals surface area contributed by atoms with Crippen LogP contribution in [0.15, 0.2) is 24.7 Å². The van der Waals surface area contributed by atoms with Crippen molar-refractivity contribution in [3.63, 3.8) is 0 Å². The van der Waals surface area contributed by atoms with Crippen molar-refractivity contribution in [2.75, 3.05) is 12.4 Å². The number of halogens is 3. The van der Waals surface area contributed by atoms with Gasteiger partial charge < -0.3 is 10.1 Å². The van der Waals surface area contributed by atoms with E-state index in [9.17, 15) is 13.2 Å². The van der Waals surface area contributed by atoms with Crippen LogP contribution in [-0.2, 0) is 0 Å². The van der Waals surface area contributed by atoms with Gasteiger partial charge in [-0.3, -0.25) is 4.98 Å². The number of nitrogens with zero attached hydrogens (tertiary/aromatic N) is 3. The minimum atomic E-state index is -4.75. The smallest absolute Gasteiger partial charge is 0.402 e. The van der Waals surface area contributed by atoms with Crippen LogP contribution in [-0.4, -0.2) is 28.4 Å². The zero-order valence-corrected chi connectivity index (χ0v) is 10.7. The van der Waals surface area contributed by atoms with Crippen LogP contribution in [0, 0.1) is 6.92 Å². The number of pyridine rings is 1. The Kier molecular flexibility index (Phi) is 3.73. The number of hydrogen-bond donors (Lipinski definition) is 1. The summed E-state index contributed by atoms with van der Waals surface area (Å²) in [4.78, 5) is 11.8. The summed E-state index contributed by atoms with van der Waals surface area (Å²) in [5.41, 5.74) is 2.19. The van der Waals surface area contributed by atoms with E-state index < -0.39 is 12.1 Å². The molecule has 1 N–H and O–H groups in total. The number of aryl methyl sites for hydroxylation is 1. The predicted octanol–water partition coefficient (Wildman–Crippen LogP) is 2.79. The lowest BCUT2D eigenvalue weighted by Crippen LogP contribution is -2.17. The normalized spacial score (nSPS) is 11.2. The third kappa shape index (κ3) is 3.34. The molecular weight excluding hydrogens is 273 g/mol. The van der Waals surface area contributed by atoms with E-state index in [-0.39, 0.29) is 5.82 Å². The quantitative estimate of drug-likeness (QED) is 0.939. The highest BCUT2D eigenvalue weighted by atomic mass is 19.4. The Morgan fingerprint density at radius 2 is 1.75 bits per heavy atom. The van der Waals surface area contributed by atoms with Gasteiger partial charge in [-0.05, 0) is 13.0 Å². The maximum atomic E-state index is 12.0. The summed E-state index contributed by atoms with van der Waals surface area (Å²) in [7, 11) is 1.74. The molecule has 0 aliphatic heterocycles. The Hall–Kier alpha value is -2.38. The first-order valence-electron chi connectivity index (χ1n) is 5.61. The molecule has 20 heavy (non-hydrogen) atoms. The Balaban J connectivity index is 2.26. The molecule has 0 radical (unpaired) electrons. The maximum Gasteiger partial charge on any atom is 0.573 e. The second-order valence-electron chi connectivity index (χ2n) is 3.90. The lowest BCUT2D eigenvalue weighted by Gasteiger charge is -2.09. The zero-order valence-electron chi connectivity index (χ0n) is 10.7. The molecule has 0 amide bonds. The van der Waals surface area contributed by atoms with Gasteiger partial charge >= 0.3 is 6.36 Å². The molecule has 0 atom stereocenters. The maximum absolute atomic E-state index is 12.0. The van der Waals surface area contributed by atoms with Gasteiger partial charge in [-0.25, -0.2) is 9.97 Å². The van der Waals surface area contributed by atoms with Gasteiger partial charge in [-0.15, -0.1) is 13.2 Å². The Morgan fingerprint density at radius 3 is 2.30 bits per heavy atom. The summed E-state index contributed by atoms with van der Waals surface area (Å²) in [5, 5.41) is 2.96. The summed E-state index contributed by atoms with van der Waals surface area (Å²) < 4.78 is 39.7. The molecule has 106 valence electrons. The number of hydrogen-bond acceptors (Lipinski definition) is 5. The van der Waals surface area contributed by atoms with Crippen molar-refractivity contribution < 1.29 is 17.9 Å². The van der Waals surface area contributed by atoms with Gasteiger partial charge in [0.1, 0.15) is 0 Å². The first-order valence-corrected chi connectivity index (χ1v) is 5.61. The van der Waals surface area contributed by atoms with E-state index in [1.807, 2.05) is 6.92 Å². The summed E-state index contributed by atoms with van der Waals surface area (Å²) in [6.07, 6.45) is -1.27. The van der Waals surface area contributed by atoms with Crippen molar-refractivity contribution in [1.82, 2.24) is 15.0 Å². The topological polar surface area (TPSA) is 59.9 Å². The van der Waals surface area contributed by atoms with Crippen LogP contribution in [0.4, 0.5) is 18.9 Å². The molecule has 0 bridgehead atoms. The SMILES string of the molecule is CNc1cc(-c2ncc(OC(F)(F)F)cn2)cnc1C. The highest BCUT2D eigenvalue weighted by Gasteiger charge is 2.31. The van der Waals surface area contributed by atoms with Crippen molar-refractivity contribution in [3.8, 4) is 17.1 Å². The van der Waals surface area contributed by atoms with E-state index in [0.717, 1.165) is 23.8 Å². The average molecular weight is 284 g/mol. The van der Waals surface area contributed by atoms with Crippen LogP contribution in [0.5, 0.6) is 5.75 Å². The van der Waals surface area contributed by atoms with E-state index in [1.165, 1.54) is 0 Å². The number of alkyl halides is 3. The second-order valence-corrected chi connectivity index (χ2v) is 3.90. The van der Waals surface area contributed by atoms with Gasteiger partial charge in [-0.2, -0.15) is 0 Å². The molecule has 2 aromatic heterocycles. The molecule has 0 spiro atoms. The van der Waals surface area contributed by atoms with Gasteiger partial charge in [0.15, 0.2) is 11.6 Å². The number of anilines is 1. The minimum absolute atomic E-state index is 0.267. The largest absolute Gasteiger partial charge is 0.573 e. The number of aromatic nitrogens is 3. The summed E-state index contributed by atoms with van der Waals surface area (Å²) in [6, 6.07) is 1.77. The average Bonchev–Trinajstić information content (AvgIpc) is 2.38. The van der Waals surface area contributed by atoms with Gasteiger partial charge in [-0.1, -0.05) is 0 Å². The third-order valence-corrected chi connectivity index (χ3v) is 2.48. The molecular formula is C12H11F3N4O. The monoisotopic (exact) mass is 284 g/mol. The zero-order chi connectivity index (χ0) is 14.8. The summed E-state index contributed by atoms with van der Waals surface area (Å²) in [6.45, 7) is 1.83. The van der Waals surface area contributed by atoms with Gasteiger partial charge in [0, 0.05) is 18.8 Å². The molecule has 2 aromatic rings. The first kappa shape index (κ1) is 14.0. The molecule has 0 fully saturated rings. The van der Waals surface area contributed by atoms with E-state index in [4.69, 9.17) is 0 Å². The summed E-state index contributed by atoms with van der Waals surface area (Å²) in [5.74, 6) is -0.196. The lowest BCUT2D eigenvalue weighted by atomic mass is 10.2. The Morgan fingerprint density at radius 1 is 1.10 bits per heavy atom. The molecule has 0 saturated carbocycles. The van der Waals surface area contributed by atoms with Crippen LogP contribution in [0.25, 0.3) is 11.4 Å². The lowest BCUT2D eigenvalue weighted by molar-refractivity contribution is -0.274. The van der Waals surface area contributed by atoms with Crippen molar-refractivity contribution in [3.05, 3.63) is 30.4 Å². The van der Waals surface area contributed by atoms with Crippen molar-refractivity contribution in [1.29, 1.82) is 0 Å². The highest BCUT2D eigenvalue weighted by Crippen LogP contribution is 2.24. The molecule has 0 aliphatic carbocycles. The molecule has 8 heteroatoms. The first-order chi connectivity index (χ1) is 9.39. The van der Waals surface area contributed by atoms with Crippen LogP contribution in [0.2, 0.25) is 0 Å². The minimum Gasteiger partial charge on any atom is -0.402 e. The Bertz CT molecular complexity index is 599. The van der Waals surface area contributed by atoms with Gasteiger partial charge in [0.05, 0.1) is 23.8 Å². The van der Waals surface area contributed by atoms with Crippen molar-refractivity contribution in [2.24, 2.45) is 0 Å². The van der Waals surface area contributed by atoms with Gasteiger partial charge in [0.25, 0.3) is 0 Å². The molecule has 2 rings (SSSR count). The fraction of sp³-hybridized carbons (Fsp3) is 0.250. The van der Waals surface area contributed by atoms with Crippen LogP contribution in [0.1, 0.15) is 5.69 Å².